The second kappa shape index (κ2) is 7.54. The second-order valence-corrected chi connectivity index (χ2v) is 7.86. The van der Waals surface area contributed by atoms with E-state index < -0.39 is 11.2 Å². The predicted octanol–water partition coefficient (Wildman–Crippen LogP) is 4.12. The fraction of sp³-hybridized carbons (Fsp3) is 0.333. The lowest BCUT2D eigenvalue weighted by Crippen LogP contribution is -2.45. The minimum absolute atomic E-state index is 0.0486. The maximum Gasteiger partial charge on any atom is 0.310 e. The third-order valence-electron chi connectivity index (χ3n) is 4.78. The highest BCUT2D eigenvalue weighted by atomic mass is 32.2. The van der Waals surface area contributed by atoms with Gasteiger partial charge in [-0.2, -0.15) is 0 Å². The van der Waals surface area contributed by atoms with Crippen LogP contribution in [-0.4, -0.2) is 24.2 Å². The summed E-state index contributed by atoms with van der Waals surface area (Å²) in [4.78, 5) is 28.1. The molecule has 0 aromatic heterocycles. The lowest BCUT2D eigenvalue weighted by molar-refractivity contribution is -0.146. The quantitative estimate of drug-likeness (QED) is 0.761. The number of para-hydroxylation sites is 1. The first-order chi connectivity index (χ1) is 12.4. The number of hydrogen-bond donors (Lipinski definition) is 0. The predicted molar refractivity (Wildman–Crippen MR) is 104 cm³/mol. The van der Waals surface area contributed by atoms with E-state index in [1.54, 1.807) is 11.8 Å². The number of methoxy groups -OCH3 is 1. The maximum atomic E-state index is 13.2. The molecule has 2 aromatic rings. The smallest absolute Gasteiger partial charge is 0.310 e. The number of esters is 1. The molecule has 1 aliphatic rings. The van der Waals surface area contributed by atoms with Crippen molar-refractivity contribution in [1.29, 1.82) is 0 Å². The summed E-state index contributed by atoms with van der Waals surface area (Å²) in [5.74, 6) is -0.915. The largest absolute Gasteiger partial charge is 0.469 e. The van der Waals surface area contributed by atoms with E-state index in [1.165, 1.54) is 18.9 Å². The average molecular weight is 369 g/mol. The van der Waals surface area contributed by atoms with Crippen LogP contribution in [0.5, 0.6) is 0 Å². The van der Waals surface area contributed by atoms with Crippen molar-refractivity contribution in [2.24, 2.45) is 5.92 Å². The van der Waals surface area contributed by atoms with Crippen molar-refractivity contribution in [3.05, 3.63) is 59.2 Å². The second-order valence-electron chi connectivity index (χ2n) is 6.67. The summed E-state index contributed by atoms with van der Waals surface area (Å²) in [6, 6.07) is 14.1. The number of fused-ring (bicyclic) bond motifs is 1. The number of thioether (sulfide) groups is 1. The van der Waals surface area contributed by atoms with E-state index in [4.69, 9.17) is 4.74 Å². The van der Waals surface area contributed by atoms with E-state index in [1.807, 2.05) is 31.2 Å². The lowest BCUT2D eigenvalue weighted by atomic mass is 10.0. The molecule has 0 fully saturated rings. The molecule has 1 amide bonds. The van der Waals surface area contributed by atoms with Crippen molar-refractivity contribution < 1.29 is 14.3 Å². The molecule has 2 aromatic carbocycles. The number of hydrogen-bond acceptors (Lipinski definition) is 4. The van der Waals surface area contributed by atoms with Crippen LogP contribution in [0.3, 0.4) is 0 Å². The zero-order chi connectivity index (χ0) is 18.8. The molecule has 0 N–H and O–H groups in total. The summed E-state index contributed by atoms with van der Waals surface area (Å²) >= 11 is 1.45. The minimum Gasteiger partial charge on any atom is -0.469 e. The Morgan fingerprint density at radius 3 is 2.69 bits per heavy atom. The Labute approximate surface area is 158 Å². The van der Waals surface area contributed by atoms with Crippen LogP contribution in [0.4, 0.5) is 5.69 Å². The van der Waals surface area contributed by atoms with E-state index in [9.17, 15) is 9.59 Å². The third kappa shape index (κ3) is 3.49. The Kier molecular flexibility index (Phi) is 5.37. The SMILES string of the molecule is COC(=O)C(C)C1Sc2ccccc2N(Cc2cc(C)ccc2C)C1=O. The van der Waals surface area contributed by atoms with E-state index in [-0.39, 0.29) is 11.9 Å². The fourth-order valence-corrected chi connectivity index (χ4v) is 4.44. The molecule has 136 valence electrons. The van der Waals surface area contributed by atoms with Gasteiger partial charge < -0.3 is 9.64 Å². The first-order valence-corrected chi connectivity index (χ1v) is 9.51. The van der Waals surface area contributed by atoms with Crippen LogP contribution in [0.25, 0.3) is 0 Å². The maximum absolute atomic E-state index is 13.2. The highest BCUT2D eigenvalue weighted by Crippen LogP contribution is 2.42. The molecule has 0 spiro atoms. The van der Waals surface area contributed by atoms with Gasteiger partial charge in [-0.25, -0.2) is 0 Å². The molecule has 5 heteroatoms. The van der Waals surface area contributed by atoms with Crippen LogP contribution >= 0.6 is 11.8 Å². The molecule has 0 saturated heterocycles. The number of nitrogens with zero attached hydrogens (tertiary/aromatic N) is 1. The van der Waals surface area contributed by atoms with Crippen molar-refractivity contribution >= 4 is 29.3 Å². The van der Waals surface area contributed by atoms with Gasteiger partial charge in [0.05, 0.1) is 25.3 Å². The molecule has 0 radical (unpaired) electrons. The van der Waals surface area contributed by atoms with Crippen molar-refractivity contribution in [2.45, 2.75) is 37.5 Å². The zero-order valence-electron chi connectivity index (χ0n) is 15.5. The first-order valence-electron chi connectivity index (χ1n) is 8.63. The average Bonchev–Trinajstić information content (AvgIpc) is 2.65. The minimum atomic E-state index is -0.507. The fourth-order valence-electron chi connectivity index (χ4n) is 3.17. The van der Waals surface area contributed by atoms with Crippen LogP contribution in [0.1, 0.15) is 23.6 Å². The van der Waals surface area contributed by atoms with Gasteiger partial charge in [-0.05, 0) is 37.1 Å². The molecule has 1 aliphatic heterocycles. The summed E-state index contributed by atoms with van der Waals surface area (Å²) in [6.45, 7) is 6.35. The molecule has 1 heterocycles. The van der Waals surface area contributed by atoms with Crippen LogP contribution in [0.15, 0.2) is 47.4 Å². The number of anilines is 1. The van der Waals surface area contributed by atoms with Gasteiger partial charge in [-0.1, -0.05) is 42.8 Å². The van der Waals surface area contributed by atoms with E-state index in [0.717, 1.165) is 27.3 Å². The van der Waals surface area contributed by atoms with Gasteiger partial charge >= 0.3 is 5.97 Å². The van der Waals surface area contributed by atoms with E-state index >= 15 is 0 Å². The Morgan fingerprint density at radius 1 is 1.23 bits per heavy atom. The molecular weight excluding hydrogens is 346 g/mol. The molecule has 4 nitrogen and oxygen atoms in total. The van der Waals surface area contributed by atoms with Gasteiger partial charge in [0, 0.05) is 4.90 Å². The highest BCUT2D eigenvalue weighted by Gasteiger charge is 2.39. The molecule has 26 heavy (non-hydrogen) atoms. The van der Waals surface area contributed by atoms with Crippen molar-refractivity contribution in [3.63, 3.8) is 0 Å². The molecule has 2 atom stereocenters. The van der Waals surface area contributed by atoms with Gasteiger partial charge in [0.1, 0.15) is 5.25 Å². The monoisotopic (exact) mass is 369 g/mol. The number of amides is 1. The van der Waals surface area contributed by atoms with Gasteiger partial charge in [0.15, 0.2) is 0 Å². The first kappa shape index (κ1) is 18.5. The summed E-state index contributed by atoms with van der Waals surface area (Å²) in [7, 11) is 1.36. The van der Waals surface area contributed by atoms with Gasteiger partial charge in [0.25, 0.3) is 0 Å². The summed E-state index contributed by atoms with van der Waals surface area (Å²) in [6.07, 6.45) is 0. The molecular formula is C21H23NO3S. The Hall–Kier alpha value is -2.27. The molecule has 0 aliphatic carbocycles. The van der Waals surface area contributed by atoms with Gasteiger partial charge in [-0.3, -0.25) is 9.59 Å². The topological polar surface area (TPSA) is 46.6 Å². The number of benzene rings is 2. The number of carbonyl (C=O) groups is 2. The number of carbonyl (C=O) groups excluding carboxylic acids is 2. The molecule has 3 rings (SSSR count). The van der Waals surface area contributed by atoms with Crippen molar-refractivity contribution in [3.8, 4) is 0 Å². The summed E-state index contributed by atoms with van der Waals surface area (Å²) < 4.78 is 4.87. The highest BCUT2D eigenvalue weighted by molar-refractivity contribution is 8.01. The van der Waals surface area contributed by atoms with E-state index in [2.05, 4.69) is 25.1 Å². The number of aryl methyl sites for hydroxylation is 2. The van der Waals surface area contributed by atoms with Crippen LogP contribution < -0.4 is 4.90 Å². The lowest BCUT2D eigenvalue weighted by Gasteiger charge is -2.35. The number of rotatable bonds is 4. The Morgan fingerprint density at radius 2 is 1.96 bits per heavy atom. The Balaban J connectivity index is 2.00. The zero-order valence-corrected chi connectivity index (χ0v) is 16.3. The van der Waals surface area contributed by atoms with E-state index in [0.29, 0.717) is 6.54 Å². The van der Waals surface area contributed by atoms with Gasteiger partial charge in [-0.15, -0.1) is 11.8 Å². The Bertz CT molecular complexity index is 849. The molecule has 0 bridgehead atoms. The number of ether oxygens (including phenoxy) is 1. The normalized spacial score (nSPS) is 17.6. The van der Waals surface area contributed by atoms with Crippen LogP contribution in [0, 0.1) is 19.8 Å². The van der Waals surface area contributed by atoms with Gasteiger partial charge in [0.2, 0.25) is 5.91 Å². The van der Waals surface area contributed by atoms with Crippen LogP contribution in [-0.2, 0) is 20.9 Å². The summed E-state index contributed by atoms with van der Waals surface area (Å²) in [5, 5.41) is -0.484. The standard InChI is InChI=1S/C21H23NO3S/c1-13-9-10-14(2)16(11-13)12-22-17-7-5-6-8-18(17)26-19(20(22)23)15(3)21(24)25-4/h5-11,15,19H,12H2,1-4H3. The molecule has 0 saturated carbocycles. The van der Waals surface area contributed by atoms with Crippen molar-refractivity contribution in [1.82, 2.24) is 0 Å². The van der Waals surface area contributed by atoms with Crippen molar-refractivity contribution in [2.75, 3.05) is 12.0 Å². The molecule has 2 unspecified atom stereocenters. The third-order valence-corrected chi connectivity index (χ3v) is 6.24. The summed E-state index contributed by atoms with van der Waals surface area (Å²) in [5.41, 5.74) is 4.33. The van der Waals surface area contributed by atoms with Crippen LogP contribution in [0.2, 0.25) is 0 Å².